The van der Waals surface area contributed by atoms with Crippen LogP contribution >= 0.6 is 23.2 Å². The fourth-order valence-corrected chi connectivity index (χ4v) is 3.34. The summed E-state index contributed by atoms with van der Waals surface area (Å²) in [6.45, 7) is 1.34. The molecule has 1 atom stereocenters. The quantitative estimate of drug-likeness (QED) is 0.499. The number of carbonyl (C=O) groups excluding carboxylic acids is 3. The minimum absolute atomic E-state index is 0.113. The van der Waals surface area contributed by atoms with E-state index in [1.54, 1.807) is 36.4 Å². The topological polar surface area (TPSA) is 72.9 Å². The summed E-state index contributed by atoms with van der Waals surface area (Å²) in [7, 11) is 0. The van der Waals surface area contributed by atoms with E-state index in [0.29, 0.717) is 28.3 Å². The van der Waals surface area contributed by atoms with Gasteiger partial charge in [-0.2, -0.15) is 0 Å². The molecule has 0 bridgehead atoms. The normalized spacial score (nSPS) is 14.0. The molecule has 1 aliphatic heterocycles. The van der Waals surface area contributed by atoms with Crippen LogP contribution in [-0.4, -0.2) is 41.9 Å². The molecule has 0 spiro atoms. The van der Waals surface area contributed by atoms with Gasteiger partial charge in [-0.25, -0.2) is 4.79 Å². The highest BCUT2D eigenvalue weighted by Gasteiger charge is 2.39. The Labute approximate surface area is 171 Å². The van der Waals surface area contributed by atoms with Crippen molar-refractivity contribution in [3.8, 4) is 5.75 Å². The van der Waals surface area contributed by atoms with Crippen LogP contribution in [0.5, 0.6) is 5.75 Å². The largest absolute Gasteiger partial charge is 0.480 e. The van der Waals surface area contributed by atoms with Gasteiger partial charge in [-0.3, -0.25) is 14.5 Å². The zero-order chi connectivity index (χ0) is 20.3. The maximum atomic E-state index is 12.5. The van der Waals surface area contributed by atoms with Crippen LogP contribution in [-0.2, 0) is 9.53 Å². The van der Waals surface area contributed by atoms with Gasteiger partial charge in [-0.15, -0.1) is 0 Å². The van der Waals surface area contributed by atoms with Gasteiger partial charge >= 0.3 is 5.97 Å². The van der Waals surface area contributed by atoms with E-state index in [9.17, 15) is 14.4 Å². The Morgan fingerprint density at radius 2 is 1.71 bits per heavy atom. The van der Waals surface area contributed by atoms with Gasteiger partial charge in [0, 0.05) is 5.02 Å². The Morgan fingerprint density at radius 1 is 1.07 bits per heavy atom. The standard InChI is InChI=1S/C20H17Cl2NO5/c1-2-13(23-19(25)14-5-3-4-6-15(14)20(23)26)10-28-18(24)11-27-17-8-7-12(21)9-16(17)22/h3-9,13H,2,10-11H2,1H3. The Balaban J connectivity index is 1.58. The van der Waals surface area contributed by atoms with Crippen LogP contribution in [0.25, 0.3) is 0 Å². The average Bonchev–Trinajstić information content (AvgIpc) is 2.93. The van der Waals surface area contributed by atoms with Gasteiger partial charge < -0.3 is 9.47 Å². The molecular weight excluding hydrogens is 405 g/mol. The molecule has 1 unspecified atom stereocenters. The summed E-state index contributed by atoms with van der Waals surface area (Å²) in [5, 5.41) is 0.726. The second-order valence-electron chi connectivity index (χ2n) is 6.13. The molecule has 0 fully saturated rings. The van der Waals surface area contributed by atoms with Crippen molar-refractivity contribution < 1.29 is 23.9 Å². The average molecular weight is 422 g/mol. The predicted molar refractivity (Wildman–Crippen MR) is 104 cm³/mol. The summed E-state index contributed by atoms with van der Waals surface area (Å²) in [4.78, 5) is 38.2. The molecule has 2 amide bonds. The van der Waals surface area contributed by atoms with E-state index >= 15 is 0 Å². The van der Waals surface area contributed by atoms with Crippen LogP contribution in [0.1, 0.15) is 34.1 Å². The number of imide groups is 1. The fourth-order valence-electron chi connectivity index (χ4n) is 2.87. The highest BCUT2D eigenvalue weighted by atomic mass is 35.5. The first kappa shape index (κ1) is 20.2. The van der Waals surface area contributed by atoms with Crippen LogP contribution in [0.15, 0.2) is 42.5 Å². The molecule has 0 N–H and O–H groups in total. The number of hydrogen-bond donors (Lipinski definition) is 0. The molecule has 0 radical (unpaired) electrons. The Bertz CT molecular complexity index is 896. The lowest BCUT2D eigenvalue weighted by Crippen LogP contribution is -2.43. The van der Waals surface area contributed by atoms with E-state index in [0.717, 1.165) is 4.90 Å². The lowest BCUT2D eigenvalue weighted by Gasteiger charge is -2.24. The molecule has 0 saturated carbocycles. The minimum Gasteiger partial charge on any atom is -0.480 e. The first-order valence-electron chi connectivity index (χ1n) is 8.62. The minimum atomic E-state index is -0.638. The van der Waals surface area contributed by atoms with Crippen molar-refractivity contribution in [2.45, 2.75) is 19.4 Å². The molecule has 8 heteroatoms. The second kappa shape index (κ2) is 8.63. The number of carbonyl (C=O) groups is 3. The van der Waals surface area contributed by atoms with Crippen molar-refractivity contribution in [3.05, 3.63) is 63.6 Å². The SMILES string of the molecule is CCC(COC(=O)COc1ccc(Cl)cc1Cl)N1C(=O)c2ccccc2C1=O. The smallest absolute Gasteiger partial charge is 0.344 e. The van der Waals surface area contributed by atoms with E-state index in [1.807, 2.05) is 6.92 Å². The number of hydrogen-bond acceptors (Lipinski definition) is 5. The molecule has 2 aromatic carbocycles. The van der Waals surface area contributed by atoms with Gasteiger partial charge in [0.15, 0.2) is 6.61 Å². The maximum absolute atomic E-state index is 12.5. The van der Waals surface area contributed by atoms with Crippen molar-refractivity contribution in [2.75, 3.05) is 13.2 Å². The summed E-state index contributed by atoms with van der Waals surface area (Å²) in [5.41, 5.74) is 0.719. The monoisotopic (exact) mass is 421 g/mol. The molecule has 3 rings (SSSR count). The zero-order valence-corrected chi connectivity index (χ0v) is 16.5. The molecule has 0 saturated heterocycles. The molecule has 146 valence electrons. The summed E-state index contributed by atoms with van der Waals surface area (Å²) in [6, 6.07) is 10.7. The molecule has 2 aromatic rings. The molecule has 0 aromatic heterocycles. The number of esters is 1. The van der Waals surface area contributed by atoms with Gasteiger partial charge in [0.2, 0.25) is 0 Å². The third-order valence-electron chi connectivity index (χ3n) is 4.34. The van der Waals surface area contributed by atoms with Gasteiger partial charge in [-0.05, 0) is 36.8 Å². The molecule has 0 aliphatic carbocycles. The summed E-state index contributed by atoms with van der Waals surface area (Å²) >= 11 is 11.8. The number of benzene rings is 2. The second-order valence-corrected chi connectivity index (χ2v) is 6.98. The van der Waals surface area contributed by atoms with Crippen LogP contribution in [0, 0.1) is 0 Å². The first-order chi connectivity index (χ1) is 13.4. The van der Waals surface area contributed by atoms with Crippen molar-refractivity contribution in [1.82, 2.24) is 4.90 Å². The van der Waals surface area contributed by atoms with Gasteiger partial charge in [0.05, 0.1) is 22.2 Å². The zero-order valence-electron chi connectivity index (χ0n) is 15.0. The number of fused-ring (bicyclic) bond motifs is 1. The van der Waals surface area contributed by atoms with E-state index in [1.165, 1.54) is 6.07 Å². The Morgan fingerprint density at radius 3 is 2.29 bits per heavy atom. The number of halogens is 2. The van der Waals surface area contributed by atoms with Crippen LogP contribution in [0.2, 0.25) is 10.0 Å². The highest BCUT2D eigenvalue weighted by molar-refractivity contribution is 6.35. The highest BCUT2D eigenvalue weighted by Crippen LogP contribution is 2.28. The number of rotatable bonds is 7. The summed E-state index contributed by atoms with van der Waals surface area (Å²) in [6.07, 6.45) is 0.447. The molecular formula is C20H17Cl2NO5. The van der Waals surface area contributed by atoms with E-state index < -0.39 is 12.0 Å². The maximum Gasteiger partial charge on any atom is 0.344 e. The number of amides is 2. The Hall–Kier alpha value is -2.57. The lowest BCUT2D eigenvalue weighted by molar-refractivity contribution is -0.147. The van der Waals surface area contributed by atoms with Crippen LogP contribution < -0.4 is 4.74 Å². The van der Waals surface area contributed by atoms with Crippen molar-refractivity contribution in [3.63, 3.8) is 0 Å². The van der Waals surface area contributed by atoms with Gasteiger partial charge in [0.1, 0.15) is 12.4 Å². The van der Waals surface area contributed by atoms with Crippen LogP contribution in [0.4, 0.5) is 0 Å². The summed E-state index contributed by atoms with van der Waals surface area (Å²) in [5.74, 6) is -1.10. The lowest BCUT2D eigenvalue weighted by atomic mass is 10.1. The van der Waals surface area contributed by atoms with Crippen molar-refractivity contribution in [1.29, 1.82) is 0 Å². The molecule has 1 heterocycles. The first-order valence-corrected chi connectivity index (χ1v) is 9.38. The molecule has 1 aliphatic rings. The fraction of sp³-hybridized carbons (Fsp3) is 0.250. The third-order valence-corrected chi connectivity index (χ3v) is 4.87. The Kier molecular flexibility index (Phi) is 6.21. The number of ether oxygens (including phenoxy) is 2. The van der Waals surface area contributed by atoms with Gasteiger partial charge in [0.25, 0.3) is 11.8 Å². The third kappa shape index (κ3) is 4.13. The van der Waals surface area contributed by atoms with Crippen molar-refractivity contribution >= 4 is 41.0 Å². The van der Waals surface area contributed by atoms with E-state index in [-0.39, 0.29) is 30.1 Å². The van der Waals surface area contributed by atoms with E-state index in [2.05, 4.69) is 0 Å². The predicted octanol–water partition coefficient (Wildman–Crippen LogP) is 3.99. The van der Waals surface area contributed by atoms with E-state index in [4.69, 9.17) is 32.7 Å². The molecule has 28 heavy (non-hydrogen) atoms. The van der Waals surface area contributed by atoms with Crippen LogP contribution in [0.3, 0.4) is 0 Å². The number of nitrogens with zero attached hydrogens (tertiary/aromatic N) is 1. The van der Waals surface area contributed by atoms with Gasteiger partial charge in [-0.1, -0.05) is 42.3 Å². The molecule has 6 nitrogen and oxygen atoms in total. The van der Waals surface area contributed by atoms with Crippen molar-refractivity contribution in [2.24, 2.45) is 0 Å². The summed E-state index contributed by atoms with van der Waals surface area (Å²) < 4.78 is 10.5.